The molecule has 172 valence electrons. The molecule has 0 saturated heterocycles. The molecule has 3 N–H and O–H groups in total. The van der Waals surface area contributed by atoms with Crippen LogP contribution >= 0.6 is 0 Å². The first kappa shape index (κ1) is 21.7. The largest absolute Gasteiger partial charge is 0.383 e. The van der Waals surface area contributed by atoms with Crippen molar-refractivity contribution >= 4 is 22.5 Å². The van der Waals surface area contributed by atoms with E-state index in [1.54, 1.807) is 29.8 Å². The van der Waals surface area contributed by atoms with Crippen molar-refractivity contribution in [1.29, 1.82) is 0 Å². The molecule has 0 spiro atoms. The van der Waals surface area contributed by atoms with Gasteiger partial charge in [-0.3, -0.25) is 9.36 Å². The molecule has 0 unspecified atom stereocenters. The van der Waals surface area contributed by atoms with Gasteiger partial charge in [-0.2, -0.15) is 4.80 Å². The maximum atomic E-state index is 13.8. The van der Waals surface area contributed by atoms with Crippen molar-refractivity contribution in [2.75, 3.05) is 11.1 Å². The van der Waals surface area contributed by atoms with Crippen molar-refractivity contribution in [3.63, 3.8) is 0 Å². The van der Waals surface area contributed by atoms with E-state index in [4.69, 9.17) is 17.1 Å². The Morgan fingerprint density at radius 2 is 1.91 bits per heavy atom. The second kappa shape index (κ2) is 8.68. The minimum atomic E-state index is -0.494. The van der Waals surface area contributed by atoms with Crippen LogP contribution in [-0.2, 0) is 7.05 Å². The summed E-state index contributed by atoms with van der Waals surface area (Å²) < 4.78 is 1.55. The van der Waals surface area contributed by atoms with Crippen LogP contribution < -0.4 is 16.6 Å². The van der Waals surface area contributed by atoms with Crippen molar-refractivity contribution in [3.05, 3.63) is 76.6 Å². The fourth-order valence-electron chi connectivity index (χ4n) is 3.87. The maximum Gasteiger partial charge on any atom is 0.267 e. The van der Waals surface area contributed by atoms with E-state index in [-0.39, 0.29) is 17.2 Å². The number of aromatic nitrogens is 8. The Balaban J connectivity index is 1.69. The lowest BCUT2D eigenvalue weighted by atomic mass is 10.1. The third-order valence-electron chi connectivity index (χ3n) is 5.44. The molecule has 5 aromatic rings. The minimum absolute atomic E-state index is 0.188. The predicted molar refractivity (Wildman–Crippen MR) is 132 cm³/mol. The summed E-state index contributed by atoms with van der Waals surface area (Å²) in [6.07, 6.45) is 7.01. The van der Waals surface area contributed by atoms with E-state index in [0.29, 0.717) is 39.4 Å². The Kier molecular flexibility index (Phi) is 5.39. The van der Waals surface area contributed by atoms with E-state index in [2.05, 4.69) is 36.6 Å². The van der Waals surface area contributed by atoms with Gasteiger partial charge in [0.05, 0.1) is 29.7 Å². The summed E-state index contributed by atoms with van der Waals surface area (Å²) in [7, 11) is 1.65. The van der Waals surface area contributed by atoms with E-state index in [9.17, 15) is 4.79 Å². The minimum Gasteiger partial charge on any atom is -0.383 e. The van der Waals surface area contributed by atoms with Gasteiger partial charge in [0, 0.05) is 5.56 Å². The number of tetrazole rings is 1. The number of fused-ring (bicyclic) bond motifs is 1. The zero-order chi connectivity index (χ0) is 24.5. The number of para-hydroxylation sites is 1. The highest BCUT2D eigenvalue weighted by Gasteiger charge is 2.23. The Morgan fingerprint density at radius 3 is 2.63 bits per heavy atom. The highest BCUT2D eigenvalue weighted by Crippen LogP contribution is 2.30. The van der Waals surface area contributed by atoms with Gasteiger partial charge in [0.2, 0.25) is 5.82 Å². The number of hydrogen-bond donors (Lipinski definition) is 2. The van der Waals surface area contributed by atoms with E-state index < -0.39 is 6.04 Å². The summed E-state index contributed by atoms with van der Waals surface area (Å²) >= 11 is 0. The van der Waals surface area contributed by atoms with E-state index in [0.717, 1.165) is 0 Å². The Bertz CT molecular complexity index is 1650. The van der Waals surface area contributed by atoms with Crippen molar-refractivity contribution < 1.29 is 0 Å². The van der Waals surface area contributed by atoms with Crippen LogP contribution in [0.4, 0.5) is 11.6 Å². The Labute approximate surface area is 199 Å². The highest BCUT2D eigenvalue weighted by atomic mass is 16.1. The molecular formula is C24H20N10O. The number of nitrogens with one attached hydrogen (secondary N) is 1. The first-order chi connectivity index (χ1) is 17.0. The molecule has 0 radical (unpaired) electrons. The van der Waals surface area contributed by atoms with Crippen molar-refractivity contribution in [2.45, 2.75) is 13.0 Å². The molecule has 0 aliphatic rings. The third-order valence-corrected chi connectivity index (χ3v) is 5.44. The van der Waals surface area contributed by atoms with E-state index in [1.165, 1.54) is 11.1 Å². The molecule has 3 aromatic heterocycles. The summed E-state index contributed by atoms with van der Waals surface area (Å²) in [5.74, 6) is 3.88. The average molecular weight is 464 g/mol. The van der Waals surface area contributed by atoms with Gasteiger partial charge in [-0.05, 0) is 36.4 Å². The van der Waals surface area contributed by atoms with Gasteiger partial charge in [-0.15, -0.1) is 16.6 Å². The number of nitrogens with zero attached hydrogens (tertiary/aromatic N) is 8. The van der Waals surface area contributed by atoms with Gasteiger partial charge in [0.25, 0.3) is 5.56 Å². The van der Waals surface area contributed by atoms with Crippen molar-refractivity contribution in [1.82, 2.24) is 39.7 Å². The molecule has 11 heteroatoms. The SMILES string of the molecule is C#Cc1cccc2nc([C@H](C)Nc3ncnc(N)c3-c3nnn(C)n3)n(-c3ccccc3)c(=O)c12. The molecule has 2 aromatic carbocycles. The summed E-state index contributed by atoms with van der Waals surface area (Å²) in [5.41, 5.74) is 7.90. The van der Waals surface area contributed by atoms with Crippen LogP contribution in [0, 0.1) is 12.3 Å². The molecular weight excluding hydrogens is 444 g/mol. The van der Waals surface area contributed by atoms with Gasteiger partial charge in [-0.1, -0.05) is 30.2 Å². The monoisotopic (exact) mass is 464 g/mol. The zero-order valence-corrected chi connectivity index (χ0v) is 18.9. The predicted octanol–water partition coefficient (Wildman–Crippen LogP) is 2.10. The standard InChI is InChI=1S/C24H20N10O/c1-4-15-9-8-12-17-18(15)24(35)34(16-10-6-5-7-11-16)23(29-17)14(2)28-21-19(20(25)26-13-27-21)22-30-32-33(3)31-22/h1,5-14H,2-3H3,(H3,25,26,27,28)/t14-/m0/s1. The van der Waals surface area contributed by atoms with Crippen LogP contribution in [0.25, 0.3) is 28.0 Å². The van der Waals surface area contributed by atoms with Crippen molar-refractivity contribution in [2.24, 2.45) is 7.05 Å². The van der Waals surface area contributed by atoms with Crippen molar-refractivity contribution in [3.8, 4) is 29.4 Å². The molecule has 0 amide bonds. The first-order valence-corrected chi connectivity index (χ1v) is 10.7. The molecule has 11 nitrogen and oxygen atoms in total. The number of nitrogens with two attached hydrogens (primary N) is 1. The number of terminal acetylenes is 1. The van der Waals surface area contributed by atoms with E-state index in [1.807, 2.05) is 37.3 Å². The lowest BCUT2D eigenvalue weighted by molar-refractivity contribution is 0.630. The Morgan fingerprint density at radius 1 is 1.11 bits per heavy atom. The molecule has 3 heterocycles. The van der Waals surface area contributed by atoms with Crippen LogP contribution in [0.3, 0.4) is 0 Å². The summed E-state index contributed by atoms with van der Waals surface area (Å²) in [5, 5.41) is 15.8. The fraction of sp³-hybridized carbons (Fsp3) is 0.125. The number of benzene rings is 2. The van der Waals surface area contributed by atoms with Gasteiger partial charge in [0.15, 0.2) is 0 Å². The van der Waals surface area contributed by atoms with Crippen LogP contribution in [-0.4, -0.2) is 39.7 Å². The lowest BCUT2D eigenvalue weighted by Gasteiger charge is -2.21. The molecule has 1 atom stereocenters. The summed E-state index contributed by atoms with van der Waals surface area (Å²) in [6.45, 7) is 1.87. The number of anilines is 2. The van der Waals surface area contributed by atoms with Crippen LogP contribution in [0.2, 0.25) is 0 Å². The molecule has 0 aliphatic heterocycles. The molecule has 5 rings (SSSR count). The number of aryl methyl sites for hydroxylation is 1. The molecule has 0 bridgehead atoms. The quantitative estimate of drug-likeness (QED) is 0.374. The van der Waals surface area contributed by atoms with Crippen LogP contribution in [0.5, 0.6) is 0 Å². The Hall–Kier alpha value is -5.11. The second-order valence-corrected chi connectivity index (χ2v) is 7.74. The normalized spacial score (nSPS) is 11.8. The molecule has 0 aliphatic carbocycles. The van der Waals surface area contributed by atoms with E-state index >= 15 is 0 Å². The molecule has 35 heavy (non-hydrogen) atoms. The number of nitrogen functional groups attached to an aromatic ring is 1. The van der Waals surface area contributed by atoms with Gasteiger partial charge >= 0.3 is 0 Å². The van der Waals surface area contributed by atoms with Gasteiger partial charge in [-0.25, -0.2) is 15.0 Å². The topological polar surface area (TPSA) is 142 Å². The average Bonchev–Trinajstić information content (AvgIpc) is 3.29. The highest BCUT2D eigenvalue weighted by molar-refractivity contribution is 5.85. The van der Waals surface area contributed by atoms with Crippen LogP contribution in [0.15, 0.2) is 59.7 Å². The fourth-order valence-corrected chi connectivity index (χ4v) is 3.87. The number of hydrogen-bond acceptors (Lipinski definition) is 9. The first-order valence-electron chi connectivity index (χ1n) is 10.7. The third kappa shape index (κ3) is 3.83. The second-order valence-electron chi connectivity index (χ2n) is 7.74. The maximum absolute atomic E-state index is 13.8. The smallest absolute Gasteiger partial charge is 0.267 e. The number of rotatable bonds is 5. The van der Waals surface area contributed by atoms with Gasteiger partial charge in [0.1, 0.15) is 29.4 Å². The summed E-state index contributed by atoms with van der Waals surface area (Å²) in [4.78, 5) is 28.3. The molecule has 0 saturated carbocycles. The zero-order valence-electron chi connectivity index (χ0n) is 18.9. The summed E-state index contributed by atoms with van der Waals surface area (Å²) in [6, 6.07) is 14.0. The molecule has 0 fully saturated rings. The van der Waals surface area contributed by atoms with Gasteiger partial charge < -0.3 is 11.1 Å². The van der Waals surface area contributed by atoms with Crippen LogP contribution in [0.1, 0.15) is 24.4 Å². The lowest BCUT2D eigenvalue weighted by Crippen LogP contribution is -2.28.